The highest BCUT2D eigenvalue weighted by atomic mass is 16.5. The molecule has 0 amide bonds. The van der Waals surface area contributed by atoms with Crippen LogP contribution in [0.25, 0.3) is 0 Å². The van der Waals surface area contributed by atoms with E-state index in [0.717, 1.165) is 11.1 Å². The number of allylic oxidation sites excluding steroid dienone is 2. The Morgan fingerprint density at radius 2 is 1.56 bits per heavy atom. The van der Waals surface area contributed by atoms with E-state index in [1.54, 1.807) is 0 Å². The lowest BCUT2D eigenvalue weighted by atomic mass is 9.80. The number of rotatable bonds is 9. The third-order valence-electron chi connectivity index (χ3n) is 7.86. The molecule has 0 spiro atoms. The Labute approximate surface area is 228 Å². The van der Waals surface area contributed by atoms with Crippen molar-refractivity contribution in [3.8, 4) is 0 Å². The molecular weight excluding hydrogens is 492 g/mol. The van der Waals surface area contributed by atoms with E-state index >= 15 is 0 Å². The second kappa shape index (κ2) is 11.9. The van der Waals surface area contributed by atoms with Crippen LogP contribution < -0.4 is 0 Å². The zero-order chi connectivity index (χ0) is 27.4. The van der Waals surface area contributed by atoms with Crippen molar-refractivity contribution in [3.05, 3.63) is 100 Å². The topological polar surface area (TPSA) is 113 Å². The second-order valence-electron chi connectivity index (χ2n) is 10.4. The summed E-state index contributed by atoms with van der Waals surface area (Å²) in [5, 5.41) is 25.1. The predicted octanol–water partition coefficient (Wildman–Crippen LogP) is 5.69. The molecule has 3 atom stereocenters. The van der Waals surface area contributed by atoms with Crippen LogP contribution in [-0.4, -0.2) is 45.3 Å². The van der Waals surface area contributed by atoms with Gasteiger partial charge >= 0.3 is 0 Å². The van der Waals surface area contributed by atoms with Gasteiger partial charge in [0.15, 0.2) is 11.6 Å². The summed E-state index contributed by atoms with van der Waals surface area (Å²) in [5.41, 5.74) is 3.89. The van der Waals surface area contributed by atoms with Crippen LogP contribution >= 0.6 is 0 Å². The lowest BCUT2D eigenvalue weighted by molar-refractivity contribution is -0.116. The molecule has 2 aliphatic rings. The van der Waals surface area contributed by atoms with Gasteiger partial charge in [0.1, 0.15) is 11.5 Å². The number of carbonyl (C=O) groups excluding carboxylic acids is 2. The molecule has 202 valence electrons. The highest BCUT2D eigenvalue weighted by Gasteiger charge is 2.34. The predicted molar refractivity (Wildman–Crippen MR) is 148 cm³/mol. The summed E-state index contributed by atoms with van der Waals surface area (Å²) < 4.78 is 5.64. The zero-order valence-corrected chi connectivity index (χ0v) is 22.2. The molecule has 0 fully saturated rings. The van der Waals surface area contributed by atoms with Crippen molar-refractivity contribution in [2.45, 2.75) is 69.7 Å². The molecule has 3 aromatic rings. The highest BCUT2D eigenvalue weighted by Crippen LogP contribution is 2.36. The van der Waals surface area contributed by atoms with E-state index < -0.39 is 0 Å². The van der Waals surface area contributed by atoms with Crippen LogP contribution in [-0.2, 0) is 17.6 Å². The van der Waals surface area contributed by atoms with Crippen molar-refractivity contribution in [2.24, 2.45) is 4.99 Å². The number of ketones is 2. The normalized spacial score (nSPS) is 20.7. The first-order chi connectivity index (χ1) is 19.0. The van der Waals surface area contributed by atoms with Crippen molar-refractivity contribution >= 4 is 17.3 Å². The molecule has 3 unspecified atom stereocenters. The molecule has 0 saturated carbocycles. The summed E-state index contributed by atoms with van der Waals surface area (Å²) >= 11 is 0. The Balaban J connectivity index is 1.39. The lowest BCUT2D eigenvalue weighted by Gasteiger charge is -2.25. The first-order valence-electron chi connectivity index (χ1n) is 13.7. The Morgan fingerprint density at radius 3 is 2.15 bits per heavy atom. The van der Waals surface area contributed by atoms with E-state index in [-0.39, 0.29) is 53.8 Å². The minimum atomic E-state index is -0.389. The van der Waals surface area contributed by atoms with Gasteiger partial charge in [0.25, 0.3) is 0 Å². The number of aryl methyl sites for hydroxylation is 1. The number of nitrogens with zero attached hydrogens (tertiary/aromatic N) is 2. The van der Waals surface area contributed by atoms with Crippen LogP contribution in [0.15, 0.2) is 81.5 Å². The number of hydrogen-bond donors (Lipinski definition) is 2. The number of benzene rings is 2. The van der Waals surface area contributed by atoms with Crippen LogP contribution in [0.3, 0.4) is 0 Å². The molecule has 0 aliphatic heterocycles. The zero-order valence-electron chi connectivity index (χ0n) is 22.2. The van der Waals surface area contributed by atoms with Gasteiger partial charge < -0.3 is 14.7 Å². The van der Waals surface area contributed by atoms with E-state index in [4.69, 9.17) is 9.52 Å². The lowest BCUT2D eigenvalue weighted by Crippen LogP contribution is -2.26. The minimum Gasteiger partial charge on any atom is -0.511 e. The van der Waals surface area contributed by atoms with Gasteiger partial charge in [-0.05, 0) is 42.2 Å². The van der Waals surface area contributed by atoms with Gasteiger partial charge in [0.05, 0.1) is 29.5 Å². The number of carbonyl (C=O) groups is 2. The first-order valence-corrected chi connectivity index (χ1v) is 13.7. The maximum atomic E-state index is 13.4. The Bertz CT molecular complexity index is 1390. The van der Waals surface area contributed by atoms with E-state index in [2.05, 4.69) is 5.16 Å². The van der Waals surface area contributed by atoms with Crippen LogP contribution in [0, 0.1) is 0 Å². The van der Waals surface area contributed by atoms with Crippen LogP contribution in [0.5, 0.6) is 0 Å². The van der Waals surface area contributed by atoms with Gasteiger partial charge in [-0.1, -0.05) is 72.7 Å². The molecule has 7 nitrogen and oxygen atoms in total. The summed E-state index contributed by atoms with van der Waals surface area (Å²) in [7, 11) is 0. The molecule has 0 saturated heterocycles. The second-order valence-corrected chi connectivity index (χ2v) is 10.4. The van der Waals surface area contributed by atoms with Crippen LogP contribution in [0.2, 0.25) is 0 Å². The molecule has 39 heavy (non-hydrogen) atoms. The third kappa shape index (κ3) is 5.78. The van der Waals surface area contributed by atoms with Gasteiger partial charge in [0, 0.05) is 31.4 Å². The number of aliphatic imine (C=N–C) groups is 1. The van der Waals surface area contributed by atoms with Gasteiger partial charge in [0.2, 0.25) is 0 Å². The van der Waals surface area contributed by atoms with Crippen molar-refractivity contribution in [3.63, 3.8) is 0 Å². The molecular formula is C32H34N2O5. The quantitative estimate of drug-likeness (QED) is 0.346. The summed E-state index contributed by atoms with van der Waals surface area (Å²) in [6, 6.07) is 19.3. The average molecular weight is 527 g/mol. The molecule has 7 heteroatoms. The fourth-order valence-electron chi connectivity index (χ4n) is 5.73. The number of hydrogen-bond acceptors (Lipinski definition) is 7. The monoisotopic (exact) mass is 526 g/mol. The largest absolute Gasteiger partial charge is 0.511 e. The molecule has 5 rings (SSSR count). The van der Waals surface area contributed by atoms with E-state index in [9.17, 15) is 19.8 Å². The number of aromatic nitrogens is 1. The standard InChI is InChI=1S/C32H34N2O5/c1-2-24(19-35)33-25(31-27(36)15-22(16-28(31)37)20-9-5-3-6-10-20)13-14-26-32-29(38)17-23(18-30(32)39-34-26)21-11-7-4-8-12-21/h3-12,22-24,35-36H,2,13-19H2,1H3. The molecule has 2 N–H and O–H groups in total. The molecule has 2 aliphatic carbocycles. The smallest absolute Gasteiger partial charge is 0.168 e. The Hall–Kier alpha value is -3.84. The molecule has 0 radical (unpaired) electrons. The number of aliphatic hydroxyl groups excluding tert-OH is 2. The minimum absolute atomic E-state index is 0.00291. The molecule has 0 bridgehead atoms. The summed E-state index contributed by atoms with van der Waals surface area (Å²) in [5.74, 6) is 0.415. The first kappa shape index (κ1) is 26.8. The van der Waals surface area contributed by atoms with Gasteiger partial charge in [-0.2, -0.15) is 0 Å². The van der Waals surface area contributed by atoms with Crippen molar-refractivity contribution < 1.29 is 24.3 Å². The van der Waals surface area contributed by atoms with Gasteiger partial charge in [-0.25, -0.2) is 0 Å². The summed E-state index contributed by atoms with van der Waals surface area (Å²) in [6.45, 7) is 1.76. The Kier molecular flexibility index (Phi) is 8.17. The van der Waals surface area contributed by atoms with Crippen molar-refractivity contribution in [1.82, 2.24) is 5.16 Å². The molecule has 1 heterocycles. The van der Waals surface area contributed by atoms with E-state index in [1.165, 1.54) is 0 Å². The Morgan fingerprint density at radius 1 is 0.949 bits per heavy atom. The van der Waals surface area contributed by atoms with Crippen LogP contribution in [0.4, 0.5) is 0 Å². The fraction of sp³-hybridized carbons (Fsp3) is 0.375. The highest BCUT2D eigenvalue weighted by molar-refractivity contribution is 6.23. The molecule has 1 aromatic heterocycles. The maximum absolute atomic E-state index is 13.4. The van der Waals surface area contributed by atoms with Crippen molar-refractivity contribution in [2.75, 3.05) is 6.61 Å². The fourth-order valence-corrected chi connectivity index (χ4v) is 5.73. The number of Topliss-reactive ketones (excluding diaryl/α,β-unsaturated/α-hetero) is 2. The average Bonchev–Trinajstić information content (AvgIpc) is 3.38. The SMILES string of the molecule is CCC(CO)N=C(CCc1noc2c1C(=O)CC(c1ccccc1)C2)C1=C(O)CC(c2ccccc2)CC1=O. The summed E-state index contributed by atoms with van der Waals surface area (Å²) in [6.07, 6.45) is 2.84. The number of fused-ring (bicyclic) bond motifs is 1. The van der Waals surface area contributed by atoms with Gasteiger partial charge in [-0.15, -0.1) is 0 Å². The van der Waals surface area contributed by atoms with Crippen molar-refractivity contribution in [1.29, 1.82) is 0 Å². The number of aliphatic hydroxyl groups is 2. The van der Waals surface area contributed by atoms with E-state index in [0.29, 0.717) is 61.3 Å². The van der Waals surface area contributed by atoms with E-state index in [1.807, 2.05) is 67.6 Å². The summed E-state index contributed by atoms with van der Waals surface area (Å²) in [4.78, 5) is 31.2. The molecule has 2 aromatic carbocycles. The maximum Gasteiger partial charge on any atom is 0.168 e. The van der Waals surface area contributed by atoms with Gasteiger partial charge in [-0.3, -0.25) is 14.6 Å². The third-order valence-corrected chi connectivity index (χ3v) is 7.86. The van der Waals surface area contributed by atoms with Crippen LogP contribution in [0.1, 0.15) is 83.8 Å².